The molecule has 0 bridgehead atoms. The van der Waals surface area contributed by atoms with Crippen LogP contribution in [0.1, 0.15) is 35.0 Å². The number of nitrogens with zero attached hydrogens (tertiary/aromatic N) is 6. The second kappa shape index (κ2) is 8.23. The van der Waals surface area contributed by atoms with Gasteiger partial charge in [-0.25, -0.2) is 24.0 Å². The van der Waals surface area contributed by atoms with Crippen LogP contribution in [0.5, 0.6) is 5.88 Å². The van der Waals surface area contributed by atoms with Gasteiger partial charge in [-0.2, -0.15) is 13.2 Å². The Bertz CT molecular complexity index is 1350. The van der Waals surface area contributed by atoms with E-state index < -0.39 is 23.8 Å². The Morgan fingerprint density at radius 2 is 1.88 bits per heavy atom. The highest BCUT2D eigenvalue weighted by Gasteiger charge is 2.39. The first-order valence-electron chi connectivity index (χ1n) is 10.6. The van der Waals surface area contributed by atoms with Gasteiger partial charge in [0, 0.05) is 12.1 Å². The molecule has 0 amide bonds. The van der Waals surface area contributed by atoms with Crippen LogP contribution in [0.15, 0.2) is 48.9 Å². The number of aryl methyl sites for hydroxylation is 1. The Morgan fingerprint density at radius 1 is 1.09 bits per heavy atom. The second-order valence-electron chi connectivity index (χ2n) is 8.09. The SMILES string of the molecule is COc1nc(-c2nc3n(n2)C[C@H](F)C[C@@H]3c2ccccc2C(F)(F)F)ccc1-n1cnc(C)c1. The van der Waals surface area contributed by atoms with Gasteiger partial charge in [0.15, 0.2) is 5.82 Å². The average molecular weight is 472 g/mol. The number of ether oxygens (including phenoxy) is 1. The molecule has 4 heterocycles. The predicted molar refractivity (Wildman–Crippen MR) is 114 cm³/mol. The van der Waals surface area contributed by atoms with E-state index in [1.54, 1.807) is 23.0 Å². The molecule has 1 aromatic carbocycles. The molecular weight excluding hydrogens is 452 g/mol. The lowest BCUT2D eigenvalue weighted by molar-refractivity contribution is -0.138. The van der Waals surface area contributed by atoms with E-state index in [4.69, 9.17) is 4.74 Å². The molecule has 176 valence electrons. The second-order valence-corrected chi connectivity index (χ2v) is 8.09. The fraction of sp³-hybridized carbons (Fsp3) is 0.304. The molecule has 0 aliphatic carbocycles. The molecular formula is C23H20F4N6O. The first-order chi connectivity index (χ1) is 16.2. The maximum Gasteiger partial charge on any atom is 0.416 e. The minimum atomic E-state index is -4.57. The molecule has 4 aromatic rings. The molecule has 0 unspecified atom stereocenters. The number of aromatic nitrogens is 6. The van der Waals surface area contributed by atoms with Crippen molar-refractivity contribution in [3.05, 3.63) is 71.6 Å². The van der Waals surface area contributed by atoms with Crippen LogP contribution in [0, 0.1) is 6.92 Å². The summed E-state index contributed by atoms with van der Waals surface area (Å²) in [5.41, 5.74) is 1.01. The third-order valence-corrected chi connectivity index (χ3v) is 5.77. The Labute approximate surface area is 192 Å². The molecule has 0 N–H and O–H groups in total. The van der Waals surface area contributed by atoms with E-state index in [2.05, 4.69) is 20.1 Å². The van der Waals surface area contributed by atoms with Crippen molar-refractivity contribution in [1.29, 1.82) is 0 Å². The van der Waals surface area contributed by atoms with Crippen LogP contribution < -0.4 is 4.74 Å². The Kier molecular flexibility index (Phi) is 5.34. The van der Waals surface area contributed by atoms with Crippen molar-refractivity contribution in [2.75, 3.05) is 7.11 Å². The van der Waals surface area contributed by atoms with Gasteiger partial charge in [-0.05, 0) is 37.1 Å². The van der Waals surface area contributed by atoms with Gasteiger partial charge >= 0.3 is 6.18 Å². The molecule has 0 spiro atoms. The maximum absolute atomic E-state index is 14.6. The summed E-state index contributed by atoms with van der Waals surface area (Å²) < 4.78 is 64.0. The van der Waals surface area contributed by atoms with Crippen molar-refractivity contribution in [3.8, 4) is 23.1 Å². The molecule has 1 aliphatic heterocycles. The number of methoxy groups -OCH3 is 1. The number of pyridine rings is 1. The summed E-state index contributed by atoms with van der Waals surface area (Å²) in [5.74, 6) is -0.135. The van der Waals surface area contributed by atoms with Crippen LogP contribution in [-0.2, 0) is 12.7 Å². The van der Waals surface area contributed by atoms with Gasteiger partial charge in [-0.3, -0.25) is 0 Å². The van der Waals surface area contributed by atoms with E-state index in [1.807, 2.05) is 13.1 Å². The Hall–Kier alpha value is -3.76. The molecule has 0 saturated carbocycles. The molecule has 3 aromatic heterocycles. The molecule has 1 aliphatic rings. The van der Waals surface area contributed by atoms with E-state index in [0.29, 0.717) is 17.3 Å². The lowest BCUT2D eigenvalue weighted by atomic mass is 9.87. The summed E-state index contributed by atoms with van der Waals surface area (Å²) in [5, 5.41) is 4.37. The topological polar surface area (TPSA) is 70.7 Å². The van der Waals surface area contributed by atoms with Crippen molar-refractivity contribution >= 4 is 0 Å². The highest BCUT2D eigenvalue weighted by atomic mass is 19.4. The Morgan fingerprint density at radius 3 is 2.59 bits per heavy atom. The zero-order valence-electron chi connectivity index (χ0n) is 18.3. The van der Waals surface area contributed by atoms with Crippen molar-refractivity contribution in [3.63, 3.8) is 0 Å². The molecule has 11 heteroatoms. The lowest BCUT2D eigenvalue weighted by Gasteiger charge is -2.27. The molecule has 7 nitrogen and oxygen atoms in total. The minimum absolute atomic E-state index is 0.0195. The summed E-state index contributed by atoms with van der Waals surface area (Å²) >= 11 is 0. The van der Waals surface area contributed by atoms with Crippen LogP contribution in [-0.4, -0.2) is 42.6 Å². The van der Waals surface area contributed by atoms with E-state index in [1.165, 1.54) is 30.0 Å². The molecule has 0 radical (unpaired) electrons. The zero-order valence-corrected chi connectivity index (χ0v) is 18.3. The molecule has 2 atom stereocenters. The predicted octanol–water partition coefficient (Wildman–Crippen LogP) is 4.74. The normalized spacial score (nSPS) is 18.1. The fourth-order valence-corrected chi connectivity index (χ4v) is 4.26. The van der Waals surface area contributed by atoms with E-state index in [-0.39, 0.29) is 30.2 Å². The number of imidazole rings is 1. The molecule has 0 saturated heterocycles. The minimum Gasteiger partial charge on any atom is -0.479 e. The van der Waals surface area contributed by atoms with E-state index in [0.717, 1.165) is 11.8 Å². The van der Waals surface area contributed by atoms with Crippen LogP contribution in [0.3, 0.4) is 0 Å². The number of hydrogen-bond donors (Lipinski definition) is 0. The van der Waals surface area contributed by atoms with E-state index >= 15 is 0 Å². The number of fused-ring (bicyclic) bond motifs is 1. The van der Waals surface area contributed by atoms with Crippen LogP contribution in [0.25, 0.3) is 17.2 Å². The first-order valence-corrected chi connectivity index (χ1v) is 10.6. The summed E-state index contributed by atoms with van der Waals surface area (Å²) in [7, 11) is 1.48. The third-order valence-electron chi connectivity index (χ3n) is 5.77. The van der Waals surface area contributed by atoms with Crippen molar-refractivity contribution in [1.82, 2.24) is 29.3 Å². The highest BCUT2D eigenvalue weighted by molar-refractivity contribution is 5.55. The van der Waals surface area contributed by atoms with Crippen LogP contribution >= 0.6 is 0 Å². The first kappa shape index (κ1) is 22.1. The van der Waals surface area contributed by atoms with Crippen LogP contribution in [0.2, 0.25) is 0 Å². The monoisotopic (exact) mass is 472 g/mol. The highest BCUT2D eigenvalue weighted by Crippen LogP contribution is 2.41. The summed E-state index contributed by atoms with van der Waals surface area (Å²) in [6.45, 7) is 1.77. The van der Waals surface area contributed by atoms with Gasteiger partial charge < -0.3 is 9.30 Å². The number of halogens is 4. The Balaban J connectivity index is 1.57. The van der Waals surface area contributed by atoms with Crippen molar-refractivity contribution < 1.29 is 22.3 Å². The zero-order chi connectivity index (χ0) is 24.0. The number of hydrogen-bond acceptors (Lipinski definition) is 5. The third kappa shape index (κ3) is 3.91. The van der Waals surface area contributed by atoms with Gasteiger partial charge in [-0.1, -0.05) is 18.2 Å². The maximum atomic E-state index is 14.6. The quantitative estimate of drug-likeness (QED) is 0.402. The van der Waals surface area contributed by atoms with Crippen LogP contribution in [0.4, 0.5) is 17.6 Å². The number of alkyl halides is 4. The van der Waals surface area contributed by atoms with Gasteiger partial charge in [0.05, 0.1) is 31.2 Å². The van der Waals surface area contributed by atoms with Crippen molar-refractivity contribution in [2.24, 2.45) is 0 Å². The largest absolute Gasteiger partial charge is 0.479 e. The molecule has 0 fully saturated rings. The molecule has 34 heavy (non-hydrogen) atoms. The van der Waals surface area contributed by atoms with Gasteiger partial charge in [-0.15, -0.1) is 5.10 Å². The van der Waals surface area contributed by atoms with Gasteiger partial charge in [0.1, 0.15) is 23.4 Å². The summed E-state index contributed by atoms with van der Waals surface area (Å²) in [6, 6.07) is 8.64. The average Bonchev–Trinajstić information content (AvgIpc) is 3.43. The van der Waals surface area contributed by atoms with Crippen molar-refractivity contribution in [2.45, 2.75) is 38.2 Å². The number of benzene rings is 1. The standard InChI is InChI=1S/C23H20F4N6O/c1-13-10-32(12-28-13)19-8-7-18(29-22(19)34-2)20-30-21-16(9-14(24)11-33(21)31-20)15-5-3-4-6-17(15)23(25,26)27/h3-8,10,12,14,16H,9,11H2,1-2H3/t14-,16-/m1/s1. The smallest absolute Gasteiger partial charge is 0.416 e. The van der Waals surface area contributed by atoms with Gasteiger partial charge in [0.25, 0.3) is 0 Å². The number of rotatable bonds is 4. The van der Waals surface area contributed by atoms with E-state index in [9.17, 15) is 17.6 Å². The molecule has 5 rings (SSSR count). The lowest BCUT2D eigenvalue weighted by Crippen LogP contribution is -2.28. The van der Waals surface area contributed by atoms with Gasteiger partial charge in [0.2, 0.25) is 5.88 Å². The fourth-order valence-electron chi connectivity index (χ4n) is 4.26. The summed E-state index contributed by atoms with van der Waals surface area (Å²) in [4.78, 5) is 13.2. The summed E-state index contributed by atoms with van der Waals surface area (Å²) in [6.07, 6.45) is -2.59.